The van der Waals surface area contributed by atoms with Gasteiger partial charge in [0.15, 0.2) is 11.5 Å². The molecule has 8 heteroatoms. The Labute approximate surface area is 187 Å². The summed E-state index contributed by atoms with van der Waals surface area (Å²) < 4.78 is 1.70. The third kappa shape index (κ3) is 4.74. The van der Waals surface area contributed by atoms with E-state index in [1.54, 1.807) is 15.7 Å². The maximum atomic E-state index is 13.5. The molecule has 1 aromatic carbocycles. The van der Waals surface area contributed by atoms with E-state index in [0.717, 1.165) is 5.56 Å². The Morgan fingerprint density at radius 1 is 1.09 bits per heavy atom. The SMILES string of the molecule is Cc1ccc(Cn2c(=O)c(N3CCN(C(=O)NCC(C)C)CC3)nc3cccnc32)cc1. The number of hydrogen-bond donors (Lipinski definition) is 1. The van der Waals surface area contributed by atoms with Gasteiger partial charge in [-0.1, -0.05) is 43.7 Å². The molecule has 2 aromatic heterocycles. The number of amides is 2. The molecule has 32 heavy (non-hydrogen) atoms. The fourth-order valence-corrected chi connectivity index (χ4v) is 3.82. The molecule has 1 saturated heterocycles. The summed E-state index contributed by atoms with van der Waals surface area (Å²) in [6.07, 6.45) is 1.68. The lowest BCUT2D eigenvalue weighted by atomic mass is 10.1. The summed E-state index contributed by atoms with van der Waals surface area (Å²) in [7, 11) is 0. The van der Waals surface area contributed by atoms with E-state index in [2.05, 4.69) is 29.1 Å². The molecular formula is C24H30N6O2. The number of aromatic nitrogens is 3. The Bertz CT molecular complexity index is 1150. The van der Waals surface area contributed by atoms with Gasteiger partial charge >= 0.3 is 6.03 Å². The maximum Gasteiger partial charge on any atom is 0.317 e. The van der Waals surface area contributed by atoms with E-state index in [9.17, 15) is 9.59 Å². The largest absolute Gasteiger partial charge is 0.348 e. The van der Waals surface area contributed by atoms with Gasteiger partial charge in [0.2, 0.25) is 0 Å². The van der Waals surface area contributed by atoms with Crippen LogP contribution in [0.2, 0.25) is 0 Å². The molecule has 0 spiro atoms. The number of nitrogens with zero attached hydrogens (tertiary/aromatic N) is 5. The number of fused-ring (bicyclic) bond motifs is 1. The lowest BCUT2D eigenvalue weighted by molar-refractivity contribution is 0.193. The standard InChI is InChI=1S/C24H30N6O2/c1-17(2)15-26-24(32)29-13-11-28(12-14-29)22-23(31)30(16-19-8-6-18(3)7-9-19)21-20(27-22)5-4-10-25-21/h4-10,17H,11-16H2,1-3H3,(H,26,32). The molecule has 4 rings (SSSR count). The number of hydrogen-bond acceptors (Lipinski definition) is 5. The molecule has 0 saturated carbocycles. The summed E-state index contributed by atoms with van der Waals surface area (Å²) in [4.78, 5) is 38.7. The third-order valence-corrected chi connectivity index (χ3v) is 5.67. The maximum absolute atomic E-state index is 13.5. The molecule has 0 radical (unpaired) electrons. The predicted octanol–water partition coefficient (Wildman–Crippen LogP) is 2.64. The zero-order valence-electron chi connectivity index (χ0n) is 18.9. The van der Waals surface area contributed by atoms with Crippen molar-refractivity contribution in [3.63, 3.8) is 0 Å². The molecule has 1 fully saturated rings. The van der Waals surface area contributed by atoms with Gasteiger partial charge < -0.3 is 15.1 Å². The van der Waals surface area contributed by atoms with Crippen molar-refractivity contribution in [2.24, 2.45) is 5.92 Å². The molecule has 2 amide bonds. The van der Waals surface area contributed by atoms with E-state index in [1.165, 1.54) is 5.56 Å². The molecule has 1 aliphatic heterocycles. The van der Waals surface area contributed by atoms with Crippen LogP contribution < -0.4 is 15.8 Å². The number of anilines is 1. The van der Waals surface area contributed by atoms with Gasteiger partial charge in [-0.25, -0.2) is 14.8 Å². The minimum Gasteiger partial charge on any atom is -0.348 e. The lowest BCUT2D eigenvalue weighted by Crippen LogP contribution is -2.53. The Kier molecular flexibility index (Phi) is 6.39. The van der Waals surface area contributed by atoms with Crippen LogP contribution in [0.3, 0.4) is 0 Å². The summed E-state index contributed by atoms with van der Waals surface area (Å²) in [6, 6.07) is 11.8. The van der Waals surface area contributed by atoms with Crippen molar-refractivity contribution in [3.8, 4) is 0 Å². The van der Waals surface area contributed by atoms with Crippen LogP contribution in [0, 0.1) is 12.8 Å². The van der Waals surface area contributed by atoms with Crippen molar-refractivity contribution in [2.45, 2.75) is 27.3 Å². The first-order chi connectivity index (χ1) is 15.4. The highest BCUT2D eigenvalue weighted by Gasteiger charge is 2.25. The highest BCUT2D eigenvalue weighted by atomic mass is 16.2. The molecule has 0 atom stereocenters. The number of nitrogens with one attached hydrogen (secondary N) is 1. The van der Waals surface area contributed by atoms with Crippen LogP contribution in [0.5, 0.6) is 0 Å². The van der Waals surface area contributed by atoms with E-state index in [-0.39, 0.29) is 11.6 Å². The number of carbonyl (C=O) groups is 1. The summed E-state index contributed by atoms with van der Waals surface area (Å²) in [5.74, 6) is 0.822. The second-order valence-electron chi connectivity index (χ2n) is 8.71. The van der Waals surface area contributed by atoms with Gasteiger partial charge in [-0.15, -0.1) is 0 Å². The minimum absolute atomic E-state index is 0.0502. The van der Waals surface area contributed by atoms with Crippen LogP contribution >= 0.6 is 0 Å². The van der Waals surface area contributed by atoms with Crippen molar-refractivity contribution in [1.29, 1.82) is 0 Å². The summed E-state index contributed by atoms with van der Waals surface area (Å²) in [5, 5.41) is 2.96. The van der Waals surface area contributed by atoms with E-state index < -0.39 is 0 Å². The van der Waals surface area contributed by atoms with Gasteiger partial charge in [0.1, 0.15) is 5.52 Å². The second-order valence-corrected chi connectivity index (χ2v) is 8.71. The van der Waals surface area contributed by atoms with Gasteiger partial charge in [0.05, 0.1) is 6.54 Å². The van der Waals surface area contributed by atoms with Crippen LogP contribution in [0.4, 0.5) is 10.6 Å². The first-order valence-electron chi connectivity index (χ1n) is 11.1. The predicted molar refractivity (Wildman–Crippen MR) is 126 cm³/mol. The number of pyridine rings is 1. The number of piperazine rings is 1. The number of urea groups is 1. The third-order valence-electron chi connectivity index (χ3n) is 5.67. The Morgan fingerprint density at radius 2 is 1.81 bits per heavy atom. The normalized spacial score (nSPS) is 14.2. The molecule has 3 aromatic rings. The molecule has 0 aliphatic carbocycles. The van der Waals surface area contributed by atoms with E-state index in [1.807, 2.05) is 48.2 Å². The second kappa shape index (κ2) is 9.38. The molecule has 0 unspecified atom stereocenters. The number of benzene rings is 1. The van der Waals surface area contributed by atoms with Gasteiger partial charge in [0.25, 0.3) is 5.56 Å². The first-order valence-corrected chi connectivity index (χ1v) is 11.1. The summed E-state index contributed by atoms with van der Waals surface area (Å²) in [6.45, 7) is 9.49. The highest BCUT2D eigenvalue weighted by molar-refractivity contribution is 5.75. The Morgan fingerprint density at radius 3 is 2.50 bits per heavy atom. The van der Waals surface area contributed by atoms with Crippen molar-refractivity contribution >= 4 is 23.0 Å². The fourth-order valence-electron chi connectivity index (χ4n) is 3.82. The van der Waals surface area contributed by atoms with E-state index in [0.29, 0.717) is 62.2 Å². The molecule has 8 nitrogen and oxygen atoms in total. The average Bonchev–Trinajstić information content (AvgIpc) is 2.80. The summed E-state index contributed by atoms with van der Waals surface area (Å²) in [5.41, 5.74) is 3.32. The van der Waals surface area contributed by atoms with Gasteiger partial charge in [0, 0.05) is 38.9 Å². The molecular weight excluding hydrogens is 404 g/mol. The first kappa shape index (κ1) is 21.8. The molecule has 3 heterocycles. The minimum atomic E-state index is -0.158. The molecule has 168 valence electrons. The molecule has 1 aliphatic rings. The zero-order chi connectivity index (χ0) is 22.7. The van der Waals surface area contributed by atoms with Crippen LogP contribution in [0.1, 0.15) is 25.0 Å². The van der Waals surface area contributed by atoms with Crippen LogP contribution in [-0.4, -0.2) is 58.2 Å². The van der Waals surface area contributed by atoms with Crippen molar-refractivity contribution in [2.75, 3.05) is 37.6 Å². The smallest absolute Gasteiger partial charge is 0.317 e. The zero-order valence-corrected chi connectivity index (χ0v) is 18.9. The van der Waals surface area contributed by atoms with Gasteiger partial charge in [-0.05, 0) is 30.5 Å². The molecule has 1 N–H and O–H groups in total. The Balaban J connectivity index is 1.58. The summed E-state index contributed by atoms with van der Waals surface area (Å²) >= 11 is 0. The van der Waals surface area contributed by atoms with Crippen molar-refractivity contribution < 1.29 is 4.79 Å². The topological polar surface area (TPSA) is 83.4 Å². The van der Waals surface area contributed by atoms with Gasteiger partial charge in [-0.3, -0.25) is 9.36 Å². The fraction of sp³-hybridized carbons (Fsp3) is 0.417. The number of rotatable bonds is 5. The van der Waals surface area contributed by atoms with Crippen LogP contribution in [-0.2, 0) is 6.54 Å². The molecule has 0 bridgehead atoms. The number of carbonyl (C=O) groups excluding carboxylic acids is 1. The quantitative estimate of drug-likeness (QED) is 0.668. The lowest BCUT2D eigenvalue weighted by Gasteiger charge is -2.35. The number of aryl methyl sites for hydroxylation is 1. The van der Waals surface area contributed by atoms with Crippen molar-refractivity contribution in [1.82, 2.24) is 24.8 Å². The van der Waals surface area contributed by atoms with Crippen LogP contribution in [0.15, 0.2) is 47.4 Å². The van der Waals surface area contributed by atoms with Crippen molar-refractivity contribution in [3.05, 3.63) is 64.1 Å². The average molecular weight is 435 g/mol. The van der Waals surface area contributed by atoms with Gasteiger partial charge in [-0.2, -0.15) is 0 Å². The van der Waals surface area contributed by atoms with Crippen LogP contribution in [0.25, 0.3) is 11.2 Å². The van der Waals surface area contributed by atoms with E-state index >= 15 is 0 Å². The highest BCUT2D eigenvalue weighted by Crippen LogP contribution is 2.16. The van der Waals surface area contributed by atoms with E-state index in [4.69, 9.17) is 0 Å². The monoisotopic (exact) mass is 434 g/mol. The Hall–Kier alpha value is -3.42.